The molecule has 0 unspecified atom stereocenters. The number of piperazine rings is 1. The lowest BCUT2D eigenvalue weighted by Gasteiger charge is -2.32. The molecular weight excluding hydrogens is 190 g/mol. The molecule has 1 saturated heterocycles. The molecule has 0 aliphatic carbocycles. The second kappa shape index (κ2) is 8.05. The Morgan fingerprint density at radius 1 is 1.13 bits per heavy atom. The van der Waals surface area contributed by atoms with Crippen molar-refractivity contribution in [1.82, 2.24) is 15.3 Å². The van der Waals surface area contributed by atoms with Crippen LogP contribution in [-0.2, 0) is 4.74 Å². The molecule has 0 spiro atoms. The molecule has 0 aromatic rings. The largest absolute Gasteiger partial charge is 0.380 e. The van der Waals surface area contributed by atoms with Crippen LogP contribution in [0.25, 0.3) is 0 Å². The molecule has 4 heteroatoms. The monoisotopic (exact) mass is 215 g/mol. The fourth-order valence-electron chi connectivity index (χ4n) is 1.59. The maximum atomic E-state index is 5.49. The average molecular weight is 215 g/mol. The van der Waals surface area contributed by atoms with Gasteiger partial charge in [-0.05, 0) is 13.5 Å². The SMILES string of the molecule is CCCCOCCNN1CCN(C)CC1. The predicted octanol–water partition coefficient (Wildman–Crippen LogP) is 0.555. The average Bonchev–Trinajstić information content (AvgIpc) is 2.26. The van der Waals surface area contributed by atoms with Gasteiger partial charge in [0.1, 0.15) is 0 Å². The van der Waals surface area contributed by atoms with Crippen molar-refractivity contribution in [2.75, 3.05) is 53.0 Å². The lowest BCUT2D eigenvalue weighted by molar-refractivity contribution is 0.0754. The normalized spacial score (nSPS) is 19.6. The number of hydrazine groups is 1. The molecule has 1 fully saturated rings. The molecule has 1 aliphatic rings. The molecule has 1 N–H and O–H groups in total. The van der Waals surface area contributed by atoms with Crippen molar-refractivity contribution in [2.45, 2.75) is 19.8 Å². The molecular formula is C11H25N3O. The van der Waals surface area contributed by atoms with Crippen molar-refractivity contribution in [3.63, 3.8) is 0 Å². The topological polar surface area (TPSA) is 27.7 Å². The molecule has 0 bridgehead atoms. The Hall–Kier alpha value is -0.160. The Labute approximate surface area is 93.5 Å². The van der Waals surface area contributed by atoms with E-state index in [9.17, 15) is 0 Å². The number of ether oxygens (including phenoxy) is 1. The van der Waals surface area contributed by atoms with Crippen LogP contribution in [0.3, 0.4) is 0 Å². The number of nitrogens with zero attached hydrogens (tertiary/aromatic N) is 2. The predicted molar refractivity (Wildman–Crippen MR) is 62.8 cm³/mol. The fourth-order valence-corrected chi connectivity index (χ4v) is 1.59. The van der Waals surface area contributed by atoms with Crippen LogP contribution < -0.4 is 5.43 Å². The summed E-state index contributed by atoms with van der Waals surface area (Å²) in [4.78, 5) is 2.36. The van der Waals surface area contributed by atoms with E-state index in [4.69, 9.17) is 4.74 Å². The minimum absolute atomic E-state index is 0.826. The summed E-state index contributed by atoms with van der Waals surface area (Å²) in [7, 11) is 2.17. The number of hydrogen-bond acceptors (Lipinski definition) is 4. The minimum Gasteiger partial charge on any atom is -0.380 e. The van der Waals surface area contributed by atoms with Crippen molar-refractivity contribution in [3.8, 4) is 0 Å². The smallest absolute Gasteiger partial charge is 0.0604 e. The Kier molecular flexibility index (Phi) is 6.92. The summed E-state index contributed by atoms with van der Waals surface area (Å²) in [5.74, 6) is 0. The van der Waals surface area contributed by atoms with Crippen molar-refractivity contribution in [1.29, 1.82) is 0 Å². The Morgan fingerprint density at radius 3 is 2.53 bits per heavy atom. The number of unbranched alkanes of at least 4 members (excludes halogenated alkanes) is 1. The molecule has 15 heavy (non-hydrogen) atoms. The summed E-state index contributed by atoms with van der Waals surface area (Å²) in [5, 5.41) is 2.29. The summed E-state index contributed by atoms with van der Waals surface area (Å²) in [6.45, 7) is 9.40. The molecule has 4 nitrogen and oxygen atoms in total. The highest BCUT2D eigenvalue weighted by Crippen LogP contribution is 1.94. The number of rotatable bonds is 7. The summed E-state index contributed by atoms with van der Waals surface area (Å²) < 4.78 is 5.49. The van der Waals surface area contributed by atoms with Gasteiger partial charge in [-0.2, -0.15) is 0 Å². The molecule has 1 heterocycles. The molecule has 0 aromatic carbocycles. The highest BCUT2D eigenvalue weighted by molar-refractivity contribution is 4.65. The minimum atomic E-state index is 0.826. The van der Waals surface area contributed by atoms with E-state index in [1.807, 2.05) is 0 Å². The number of nitrogens with one attached hydrogen (secondary N) is 1. The van der Waals surface area contributed by atoms with Crippen molar-refractivity contribution < 1.29 is 4.74 Å². The molecule has 1 aliphatic heterocycles. The zero-order valence-electron chi connectivity index (χ0n) is 10.2. The van der Waals surface area contributed by atoms with Gasteiger partial charge in [-0.1, -0.05) is 13.3 Å². The Balaban J connectivity index is 1.87. The summed E-state index contributed by atoms with van der Waals surface area (Å²) in [6.07, 6.45) is 2.39. The van der Waals surface area contributed by atoms with Gasteiger partial charge in [0.15, 0.2) is 0 Å². The highest BCUT2D eigenvalue weighted by Gasteiger charge is 2.12. The maximum absolute atomic E-state index is 5.49. The van der Waals surface area contributed by atoms with E-state index >= 15 is 0 Å². The maximum Gasteiger partial charge on any atom is 0.0604 e. The third kappa shape index (κ3) is 6.10. The van der Waals surface area contributed by atoms with E-state index in [0.29, 0.717) is 0 Å². The second-order valence-electron chi connectivity index (χ2n) is 4.16. The first-order chi connectivity index (χ1) is 7.33. The molecule has 0 amide bonds. The van der Waals surface area contributed by atoms with Gasteiger partial charge in [0, 0.05) is 39.3 Å². The standard InChI is InChI=1S/C11H25N3O/c1-3-4-10-15-11-5-12-14-8-6-13(2)7-9-14/h12H,3-11H2,1-2H3. The third-order valence-electron chi connectivity index (χ3n) is 2.73. The molecule has 0 saturated carbocycles. The number of likely N-dealkylation sites (N-methyl/N-ethyl adjacent to an activating group) is 1. The van der Waals surface area contributed by atoms with E-state index in [1.54, 1.807) is 0 Å². The molecule has 0 radical (unpaired) electrons. The van der Waals surface area contributed by atoms with Gasteiger partial charge < -0.3 is 9.64 Å². The van der Waals surface area contributed by atoms with E-state index in [2.05, 4.69) is 29.3 Å². The van der Waals surface area contributed by atoms with Crippen molar-refractivity contribution >= 4 is 0 Å². The molecule has 90 valence electrons. The van der Waals surface area contributed by atoms with Crippen LogP contribution in [0.15, 0.2) is 0 Å². The van der Waals surface area contributed by atoms with Gasteiger partial charge in [0.2, 0.25) is 0 Å². The van der Waals surface area contributed by atoms with Gasteiger partial charge in [0.05, 0.1) is 6.61 Å². The second-order valence-corrected chi connectivity index (χ2v) is 4.16. The summed E-state index contributed by atoms with van der Waals surface area (Å²) in [5.41, 5.74) is 3.40. The van der Waals surface area contributed by atoms with Gasteiger partial charge in [0.25, 0.3) is 0 Å². The van der Waals surface area contributed by atoms with Gasteiger partial charge in [-0.3, -0.25) is 5.43 Å². The zero-order valence-corrected chi connectivity index (χ0v) is 10.2. The van der Waals surface area contributed by atoms with Crippen molar-refractivity contribution in [2.24, 2.45) is 0 Å². The lowest BCUT2D eigenvalue weighted by Crippen LogP contribution is -2.51. The molecule has 0 atom stereocenters. The van der Waals surface area contributed by atoms with E-state index in [1.165, 1.54) is 12.8 Å². The van der Waals surface area contributed by atoms with Crippen LogP contribution in [-0.4, -0.2) is 62.9 Å². The van der Waals surface area contributed by atoms with E-state index in [-0.39, 0.29) is 0 Å². The van der Waals surface area contributed by atoms with Crippen LogP contribution in [0.1, 0.15) is 19.8 Å². The van der Waals surface area contributed by atoms with Crippen LogP contribution in [0.2, 0.25) is 0 Å². The Bertz CT molecular complexity index is 147. The molecule has 0 aromatic heterocycles. The lowest BCUT2D eigenvalue weighted by atomic mass is 10.4. The highest BCUT2D eigenvalue weighted by atomic mass is 16.5. The van der Waals surface area contributed by atoms with Gasteiger partial charge in [-0.15, -0.1) is 0 Å². The van der Waals surface area contributed by atoms with Crippen LogP contribution in [0, 0.1) is 0 Å². The summed E-state index contributed by atoms with van der Waals surface area (Å²) in [6, 6.07) is 0. The van der Waals surface area contributed by atoms with Crippen LogP contribution in [0.4, 0.5) is 0 Å². The van der Waals surface area contributed by atoms with Crippen molar-refractivity contribution in [3.05, 3.63) is 0 Å². The number of hydrogen-bond donors (Lipinski definition) is 1. The zero-order chi connectivity index (χ0) is 10.9. The first-order valence-corrected chi connectivity index (χ1v) is 6.07. The first kappa shape index (κ1) is 12.9. The van der Waals surface area contributed by atoms with Gasteiger partial charge in [-0.25, -0.2) is 5.01 Å². The Morgan fingerprint density at radius 2 is 1.87 bits per heavy atom. The van der Waals surface area contributed by atoms with E-state index in [0.717, 1.165) is 45.9 Å². The first-order valence-electron chi connectivity index (χ1n) is 6.07. The van der Waals surface area contributed by atoms with Crippen LogP contribution >= 0.6 is 0 Å². The third-order valence-corrected chi connectivity index (χ3v) is 2.73. The molecule has 1 rings (SSSR count). The summed E-state index contributed by atoms with van der Waals surface area (Å²) >= 11 is 0. The quantitative estimate of drug-likeness (QED) is 0.628. The van der Waals surface area contributed by atoms with Gasteiger partial charge >= 0.3 is 0 Å². The fraction of sp³-hybridized carbons (Fsp3) is 1.00. The van der Waals surface area contributed by atoms with Crippen LogP contribution in [0.5, 0.6) is 0 Å². The van der Waals surface area contributed by atoms with E-state index < -0.39 is 0 Å².